The minimum absolute atomic E-state index is 0.749. The van der Waals surface area contributed by atoms with Gasteiger partial charge in [0.25, 0.3) is 0 Å². The molecule has 0 radical (unpaired) electrons. The van der Waals surface area contributed by atoms with Gasteiger partial charge in [0.05, 0.1) is 0 Å². The maximum atomic E-state index is 8.02. The van der Waals surface area contributed by atoms with E-state index in [1.165, 1.54) is 46.9 Å². The number of unbranched alkanes of at least 4 members (excludes halogenated alkanes) is 1. The van der Waals surface area contributed by atoms with Crippen LogP contribution in [0.5, 0.6) is 0 Å². The molecule has 0 atom stereocenters. The average molecular weight is 378 g/mol. The largest absolute Gasteiger partial charge is 0.404 e. The molecule has 0 aliphatic heterocycles. The van der Waals surface area contributed by atoms with Gasteiger partial charge >= 0.3 is 0 Å². The Morgan fingerprint density at radius 3 is 2.50 bits per heavy atom. The monoisotopic (exact) mass is 377 g/mol. The van der Waals surface area contributed by atoms with Crippen LogP contribution in [0, 0.1) is 19.3 Å². The Hall–Kier alpha value is -2.42. The summed E-state index contributed by atoms with van der Waals surface area (Å²) in [5.41, 5.74) is 15.7. The van der Waals surface area contributed by atoms with Crippen LogP contribution >= 0.6 is 0 Å². The molecular formula is C25H35N3. The minimum Gasteiger partial charge on any atom is -0.404 e. The molecule has 0 amide bonds. The van der Waals surface area contributed by atoms with Crippen LogP contribution in [0.4, 0.5) is 0 Å². The van der Waals surface area contributed by atoms with E-state index in [-0.39, 0.29) is 0 Å². The molecule has 0 spiro atoms. The molecule has 0 aromatic heterocycles. The Labute approximate surface area is 170 Å². The Morgan fingerprint density at radius 2 is 1.86 bits per heavy atom. The normalized spacial score (nSPS) is 16.1. The van der Waals surface area contributed by atoms with Crippen LogP contribution in [0.2, 0.25) is 0 Å². The smallest absolute Gasteiger partial charge is 0.0361 e. The average Bonchev–Trinajstić information content (AvgIpc) is 2.72. The Kier molecular flexibility index (Phi) is 8.43. The molecular weight excluding hydrogens is 342 g/mol. The molecule has 1 aromatic carbocycles. The van der Waals surface area contributed by atoms with E-state index in [4.69, 9.17) is 11.1 Å². The highest BCUT2D eigenvalue weighted by Crippen LogP contribution is 2.40. The van der Waals surface area contributed by atoms with Crippen LogP contribution in [0.15, 0.2) is 46.1 Å². The lowest BCUT2D eigenvalue weighted by atomic mass is 9.78. The number of aryl methyl sites for hydroxylation is 2. The lowest BCUT2D eigenvalue weighted by Crippen LogP contribution is -2.09. The number of nitrogens with zero attached hydrogens (tertiary/aromatic N) is 1. The summed E-state index contributed by atoms with van der Waals surface area (Å²) in [4.78, 5) is 4.46. The number of aliphatic imine (C=N–C) groups is 1. The summed E-state index contributed by atoms with van der Waals surface area (Å²) in [6.45, 7) is 9.25. The zero-order chi connectivity index (χ0) is 20.5. The van der Waals surface area contributed by atoms with Gasteiger partial charge in [0.2, 0.25) is 0 Å². The topological polar surface area (TPSA) is 62.2 Å². The van der Waals surface area contributed by atoms with Gasteiger partial charge in [-0.1, -0.05) is 31.6 Å². The highest BCUT2D eigenvalue weighted by Gasteiger charge is 2.22. The number of allylic oxidation sites excluding steroid dienone is 5. The first kappa shape index (κ1) is 21.9. The number of benzene rings is 1. The van der Waals surface area contributed by atoms with Crippen molar-refractivity contribution in [1.29, 1.82) is 5.41 Å². The van der Waals surface area contributed by atoms with Crippen LogP contribution in [-0.4, -0.2) is 19.0 Å². The summed E-state index contributed by atoms with van der Waals surface area (Å²) in [5, 5.41) is 8.02. The second-order valence-corrected chi connectivity index (χ2v) is 7.45. The van der Waals surface area contributed by atoms with Crippen LogP contribution in [0.25, 0.3) is 5.57 Å². The molecule has 1 aromatic rings. The van der Waals surface area contributed by atoms with E-state index < -0.39 is 0 Å². The van der Waals surface area contributed by atoms with Crippen molar-refractivity contribution >= 4 is 18.0 Å². The first-order valence-electron chi connectivity index (χ1n) is 10.5. The molecule has 1 aliphatic carbocycles. The summed E-state index contributed by atoms with van der Waals surface area (Å²) < 4.78 is 0. The summed E-state index contributed by atoms with van der Waals surface area (Å²) in [7, 11) is 0. The number of hydrogen-bond donors (Lipinski definition) is 2. The molecule has 0 fully saturated rings. The van der Waals surface area contributed by atoms with Crippen molar-refractivity contribution in [3.63, 3.8) is 0 Å². The second kappa shape index (κ2) is 10.8. The maximum Gasteiger partial charge on any atom is 0.0361 e. The van der Waals surface area contributed by atoms with Crippen molar-refractivity contribution in [3.8, 4) is 0 Å². The van der Waals surface area contributed by atoms with Gasteiger partial charge in [-0.3, -0.25) is 4.99 Å². The van der Waals surface area contributed by atoms with Gasteiger partial charge in [-0.25, -0.2) is 0 Å². The molecule has 0 saturated heterocycles. The van der Waals surface area contributed by atoms with Gasteiger partial charge in [0, 0.05) is 36.3 Å². The Morgan fingerprint density at radius 1 is 1.14 bits per heavy atom. The van der Waals surface area contributed by atoms with Gasteiger partial charge < -0.3 is 11.1 Å². The van der Waals surface area contributed by atoms with Crippen molar-refractivity contribution in [2.75, 3.05) is 6.54 Å². The SMILES string of the molecule is CCC/C=C(C1=C(c2c(C)ccc(C)c2C=N)CCCC1)\C(C=NCC)=C\N. The summed E-state index contributed by atoms with van der Waals surface area (Å²) in [6, 6.07) is 4.31. The molecule has 0 heterocycles. The van der Waals surface area contributed by atoms with Crippen LogP contribution in [0.1, 0.15) is 74.6 Å². The van der Waals surface area contributed by atoms with Crippen molar-refractivity contribution in [3.05, 3.63) is 63.4 Å². The standard InChI is InChI=1S/C25H35N3/c1-5-7-10-21(20(15-26)17-28-6-2)22-11-8-9-12-23(22)25-19(4)14-13-18(3)24(25)16-27/h10,13-17,27H,5-9,11-12,26H2,1-4H3/b20-15+,21-10+,27-16?,28-17?. The van der Waals surface area contributed by atoms with Gasteiger partial charge in [0.1, 0.15) is 0 Å². The summed E-state index contributed by atoms with van der Waals surface area (Å²) in [5.74, 6) is 0. The fraction of sp³-hybridized carbons (Fsp3) is 0.440. The summed E-state index contributed by atoms with van der Waals surface area (Å²) in [6.07, 6.45) is 14.1. The van der Waals surface area contributed by atoms with E-state index in [1.54, 1.807) is 6.20 Å². The van der Waals surface area contributed by atoms with Crippen molar-refractivity contribution in [2.45, 2.75) is 66.2 Å². The van der Waals surface area contributed by atoms with E-state index in [0.29, 0.717) is 0 Å². The molecule has 3 N–H and O–H groups in total. The van der Waals surface area contributed by atoms with Crippen molar-refractivity contribution in [2.24, 2.45) is 10.7 Å². The third-order valence-corrected chi connectivity index (χ3v) is 5.45. The highest BCUT2D eigenvalue weighted by atomic mass is 14.7. The number of rotatable bonds is 8. The zero-order valence-corrected chi connectivity index (χ0v) is 17.9. The van der Waals surface area contributed by atoms with E-state index in [2.05, 4.69) is 44.0 Å². The molecule has 150 valence electrons. The third kappa shape index (κ3) is 4.89. The van der Waals surface area contributed by atoms with Gasteiger partial charge in [-0.2, -0.15) is 0 Å². The predicted molar refractivity (Wildman–Crippen MR) is 123 cm³/mol. The molecule has 3 nitrogen and oxygen atoms in total. The van der Waals surface area contributed by atoms with E-state index >= 15 is 0 Å². The predicted octanol–water partition coefficient (Wildman–Crippen LogP) is 6.29. The third-order valence-electron chi connectivity index (χ3n) is 5.45. The van der Waals surface area contributed by atoms with Gasteiger partial charge in [0.15, 0.2) is 0 Å². The Balaban J connectivity index is 2.76. The highest BCUT2D eigenvalue weighted by molar-refractivity contribution is 5.94. The minimum atomic E-state index is 0.749. The molecule has 2 rings (SSSR count). The van der Waals surface area contributed by atoms with E-state index in [1.807, 2.05) is 13.1 Å². The van der Waals surface area contributed by atoms with Crippen molar-refractivity contribution in [1.82, 2.24) is 0 Å². The van der Waals surface area contributed by atoms with Crippen LogP contribution in [0.3, 0.4) is 0 Å². The summed E-state index contributed by atoms with van der Waals surface area (Å²) >= 11 is 0. The fourth-order valence-corrected chi connectivity index (χ4v) is 3.99. The van der Waals surface area contributed by atoms with Gasteiger partial charge in [-0.05, 0) is 86.3 Å². The van der Waals surface area contributed by atoms with Crippen molar-refractivity contribution < 1.29 is 0 Å². The first-order valence-corrected chi connectivity index (χ1v) is 10.5. The molecule has 3 heteroatoms. The zero-order valence-electron chi connectivity index (χ0n) is 17.9. The number of nitrogens with one attached hydrogen (secondary N) is 1. The molecule has 28 heavy (non-hydrogen) atoms. The van der Waals surface area contributed by atoms with Crippen LogP contribution < -0.4 is 5.73 Å². The first-order chi connectivity index (χ1) is 13.6. The van der Waals surface area contributed by atoms with E-state index in [9.17, 15) is 0 Å². The molecule has 1 aliphatic rings. The van der Waals surface area contributed by atoms with E-state index in [0.717, 1.165) is 48.9 Å². The lowest BCUT2D eigenvalue weighted by molar-refractivity contribution is 0.718. The Bertz CT molecular complexity index is 822. The molecule has 0 bridgehead atoms. The molecule has 0 saturated carbocycles. The lowest BCUT2D eigenvalue weighted by Gasteiger charge is -2.26. The quantitative estimate of drug-likeness (QED) is 0.406. The fourth-order valence-electron chi connectivity index (χ4n) is 3.99. The van der Waals surface area contributed by atoms with Crippen LogP contribution in [-0.2, 0) is 0 Å². The number of nitrogens with two attached hydrogens (primary N) is 1. The number of hydrogen-bond acceptors (Lipinski definition) is 3. The second-order valence-electron chi connectivity index (χ2n) is 7.45. The van der Waals surface area contributed by atoms with Gasteiger partial charge in [-0.15, -0.1) is 0 Å². The maximum absolute atomic E-state index is 8.02. The molecule has 0 unspecified atom stereocenters.